The number of nitrogens with zero attached hydrogens (tertiary/aromatic N) is 1. The molecule has 0 atom stereocenters. The van der Waals surface area contributed by atoms with E-state index >= 15 is 0 Å². The van der Waals surface area contributed by atoms with Crippen LogP contribution in [-0.2, 0) is 6.42 Å². The first-order chi connectivity index (χ1) is 12.5. The zero-order chi connectivity index (χ0) is 18.9. The molecular weight excluding hydrogens is 330 g/mol. The molecule has 2 amide bonds. The SMILES string of the molecule is NC(=O)c1ccc(N)cc1.O=C(O)N1CCC(Cc2ccccc2)CC1. The van der Waals surface area contributed by atoms with E-state index in [2.05, 4.69) is 24.3 Å². The first-order valence-electron chi connectivity index (χ1n) is 8.63. The van der Waals surface area contributed by atoms with E-state index in [-0.39, 0.29) is 0 Å². The summed E-state index contributed by atoms with van der Waals surface area (Å²) in [7, 11) is 0. The van der Waals surface area contributed by atoms with E-state index < -0.39 is 12.0 Å². The van der Waals surface area contributed by atoms with Crippen LogP contribution in [0, 0.1) is 5.92 Å². The topological polar surface area (TPSA) is 110 Å². The first kappa shape index (κ1) is 19.3. The molecule has 2 aromatic carbocycles. The number of rotatable bonds is 3. The molecule has 6 nitrogen and oxygen atoms in total. The van der Waals surface area contributed by atoms with Gasteiger partial charge < -0.3 is 21.5 Å². The summed E-state index contributed by atoms with van der Waals surface area (Å²) in [6, 6.07) is 16.9. The number of anilines is 1. The number of carboxylic acid groups (broad SMARTS) is 1. The Kier molecular flexibility index (Phi) is 7.02. The number of piperidine rings is 1. The largest absolute Gasteiger partial charge is 0.465 e. The van der Waals surface area contributed by atoms with Crippen LogP contribution in [0.5, 0.6) is 0 Å². The van der Waals surface area contributed by atoms with Gasteiger partial charge in [-0.05, 0) is 55.0 Å². The van der Waals surface area contributed by atoms with Gasteiger partial charge in [-0.2, -0.15) is 0 Å². The van der Waals surface area contributed by atoms with Crippen molar-refractivity contribution in [1.29, 1.82) is 0 Å². The molecule has 5 N–H and O–H groups in total. The quantitative estimate of drug-likeness (QED) is 0.735. The Balaban J connectivity index is 0.000000209. The van der Waals surface area contributed by atoms with Crippen molar-refractivity contribution in [2.24, 2.45) is 11.7 Å². The van der Waals surface area contributed by atoms with Crippen LogP contribution in [0.2, 0.25) is 0 Å². The second-order valence-electron chi connectivity index (χ2n) is 6.39. The number of nitrogens with two attached hydrogens (primary N) is 2. The average Bonchev–Trinajstić information content (AvgIpc) is 2.64. The monoisotopic (exact) mass is 355 g/mol. The molecule has 0 radical (unpaired) electrons. The molecule has 1 aliphatic heterocycles. The zero-order valence-corrected chi connectivity index (χ0v) is 14.7. The van der Waals surface area contributed by atoms with Crippen molar-refractivity contribution in [2.75, 3.05) is 18.8 Å². The van der Waals surface area contributed by atoms with Crippen LogP contribution in [0.1, 0.15) is 28.8 Å². The van der Waals surface area contributed by atoms with Crippen LogP contribution in [0.15, 0.2) is 54.6 Å². The van der Waals surface area contributed by atoms with E-state index in [0.717, 1.165) is 19.3 Å². The van der Waals surface area contributed by atoms with Gasteiger partial charge in [0, 0.05) is 24.3 Å². The summed E-state index contributed by atoms with van der Waals surface area (Å²) in [5, 5.41) is 8.84. The normalized spacial score (nSPS) is 14.2. The number of likely N-dealkylation sites (tertiary alicyclic amines) is 1. The number of hydrogen-bond donors (Lipinski definition) is 3. The molecule has 0 aliphatic carbocycles. The first-order valence-corrected chi connectivity index (χ1v) is 8.63. The molecule has 3 rings (SSSR count). The number of carbonyl (C=O) groups is 2. The van der Waals surface area contributed by atoms with E-state index in [4.69, 9.17) is 16.6 Å². The molecule has 0 spiro atoms. The minimum Gasteiger partial charge on any atom is -0.465 e. The molecule has 1 aliphatic rings. The summed E-state index contributed by atoms with van der Waals surface area (Å²) in [6.45, 7) is 1.37. The third-order valence-corrected chi connectivity index (χ3v) is 4.45. The van der Waals surface area contributed by atoms with Crippen molar-refractivity contribution in [3.05, 3.63) is 65.7 Å². The summed E-state index contributed by atoms with van der Waals surface area (Å²) < 4.78 is 0. The minimum atomic E-state index is -0.779. The summed E-state index contributed by atoms with van der Waals surface area (Å²) in [5.41, 5.74) is 12.8. The van der Waals surface area contributed by atoms with Crippen molar-refractivity contribution in [1.82, 2.24) is 4.90 Å². The van der Waals surface area contributed by atoms with Crippen LogP contribution >= 0.6 is 0 Å². The highest BCUT2D eigenvalue weighted by Crippen LogP contribution is 2.21. The number of amides is 2. The van der Waals surface area contributed by atoms with Crippen LogP contribution in [0.25, 0.3) is 0 Å². The third kappa shape index (κ3) is 6.12. The van der Waals surface area contributed by atoms with E-state index in [1.165, 1.54) is 10.5 Å². The number of carbonyl (C=O) groups excluding carboxylic acids is 1. The molecule has 26 heavy (non-hydrogen) atoms. The lowest BCUT2D eigenvalue weighted by Gasteiger charge is -2.29. The molecule has 0 bridgehead atoms. The fourth-order valence-electron chi connectivity index (χ4n) is 2.92. The Morgan fingerprint density at radius 2 is 1.58 bits per heavy atom. The highest BCUT2D eigenvalue weighted by molar-refractivity contribution is 5.93. The lowest BCUT2D eigenvalue weighted by molar-refractivity contribution is 0.1000. The van der Waals surface area contributed by atoms with Crippen molar-refractivity contribution in [3.8, 4) is 0 Å². The Morgan fingerprint density at radius 3 is 2.08 bits per heavy atom. The van der Waals surface area contributed by atoms with Gasteiger partial charge in [-0.15, -0.1) is 0 Å². The lowest BCUT2D eigenvalue weighted by atomic mass is 9.90. The van der Waals surface area contributed by atoms with Gasteiger partial charge in [0.05, 0.1) is 0 Å². The number of hydrogen-bond acceptors (Lipinski definition) is 3. The Hall–Kier alpha value is -3.02. The maximum absolute atomic E-state index is 10.7. The molecule has 138 valence electrons. The van der Waals surface area contributed by atoms with Crippen molar-refractivity contribution in [3.63, 3.8) is 0 Å². The van der Waals surface area contributed by atoms with E-state index in [0.29, 0.717) is 30.3 Å². The van der Waals surface area contributed by atoms with Crippen LogP contribution in [0.3, 0.4) is 0 Å². The van der Waals surface area contributed by atoms with E-state index in [1.54, 1.807) is 24.3 Å². The predicted molar refractivity (Wildman–Crippen MR) is 102 cm³/mol. The van der Waals surface area contributed by atoms with Gasteiger partial charge in [-0.25, -0.2) is 4.79 Å². The lowest BCUT2D eigenvalue weighted by Crippen LogP contribution is -2.37. The maximum atomic E-state index is 10.7. The summed E-state index contributed by atoms with van der Waals surface area (Å²) >= 11 is 0. The molecular formula is C20H25N3O3. The van der Waals surface area contributed by atoms with Crippen molar-refractivity contribution < 1.29 is 14.7 Å². The molecule has 0 unspecified atom stereocenters. The molecule has 1 fully saturated rings. The summed E-state index contributed by atoms with van der Waals surface area (Å²) in [4.78, 5) is 22.8. The number of nitrogen functional groups attached to an aromatic ring is 1. The summed E-state index contributed by atoms with van der Waals surface area (Å²) in [5.74, 6) is 0.206. The minimum absolute atomic E-state index is 0.431. The number of benzene rings is 2. The highest BCUT2D eigenvalue weighted by Gasteiger charge is 2.22. The second-order valence-corrected chi connectivity index (χ2v) is 6.39. The zero-order valence-electron chi connectivity index (χ0n) is 14.7. The van der Waals surface area contributed by atoms with Crippen molar-refractivity contribution in [2.45, 2.75) is 19.3 Å². The van der Waals surface area contributed by atoms with Gasteiger partial charge in [-0.3, -0.25) is 4.79 Å². The smallest absolute Gasteiger partial charge is 0.407 e. The van der Waals surface area contributed by atoms with E-state index in [1.807, 2.05) is 6.07 Å². The fourth-order valence-corrected chi connectivity index (χ4v) is 2.92. The van der Waals surface area contributed by atoms with Gasteiger partial charge in [-0.1, -0.05) is 30.3 Å². The standard InChI is InChI=1S/C13H17NO2.C7H8N2O/c15-13(16)14-8-6-12(7-9-14)10-11-4-2-1-3-5-11;8-6-3-1-5(2-4-6)7(9)10/h1-5,12H,6-10H2,(H,15,16);1-4H,8H2,(H2,9,10). The molecule has 0 aromatic heterocycles. The van der Waals surface area contributed by atoms with Crippen molar-refractivity contribution >= 4 is 17.7 Å². The number of primary amides is 1. The summed E-state index contributed by atoms with van der Waals surface area (Å²) in [6.07, 6.45) is 2.27. The fraction of sp³-hybridized carbons (Fsp3) is 0.300. The molecule has 2 aromatic rings. The van der Waals surface area contributed by atoms with Gasteiger partial charge in [0.2, 0.25) is 5.91 Å². The van der Waals surface area contributed by atoms with E-state index in [9.17, 15) is 9.59 Å². The van der Waals surface area contributed by atoms with Gasteiger partial charge in [0.25, 0.3) is 0 Å². The second kappa shape index (κ2) is 9.46. The van der Waals surface area contributed by atoms with Gasteiger partial charge in [0.1, 0.15) is 0 Å². The van der Waals surface area contributed by atoms with Gasteiger partial charge in [0.15, 0.2) is 0 Å². The van der Waals surface area contributed by atoms with Gasteiger partial charge >= 0.3 is 6.09 Å². The third-order valence-electron chi connectivity index (χ3n) is 4.45. The average molecular weight is 355 g/mol. The van der Waals surface area contributed by atoms with Crippen LogP contribution < -0.4 is 11.5 Å². The Labute approximate surface area is 153 Å². The predicted octanol–water partition coefficient (Wildman–Crippen LogP) is 2.99. The molecule has 1 saturated heterocycles. The Bertz CT molecular complexity index is 709. The van der Waals surface area contributed by atoms with Crippen LogP contribution in [-0.4, -0.2) is 35.1 Å². The molecule has 1 heterocycles. The Morgan fingerprint density at radius 1 is 1.00 bits per heavy atom. The molecule has 6 heteroatoms. The maximum Gasteiger partial charge on any atom is 0.407 e. The van der Waals surface area contributed by atoms with Crippen LogP contribution in [0.4, 0.5) is 10.5 Å². The highest BCUT2D eigenvalue weighted by atomic mass is 16.4. The molecule has 0 saturated carbocycles.